The minimum Gasteiger partial charge on any atom is -0.336 e. The van der Waals surface area contributed by atoms with Crippen LogP contribution in [0.15, 0.2) is 52.2 Å². The molecule has 0 spiro atoms. The van der Waals surface area contributed by atoms with Crippen LogP contribution in [-0.2, 0) is 17.9 Å². The van der Waals surface area contributed by atoms with Gasteiger partial charge in [-0.2, -0.15) is 0 Å². The standard InChI is InChI=1S/C18H22N4O3.ClH/c1-14-11-19-8-10-21(14)17(24)13-22-16(23)7-9-20(18(22)25)12-15-5-3-2-4-6-15;/h2-7,9,14,19H,8,10-13H2,1H3;1H/t14-;/m0./s1. The summed E-state index contributed by atoms with van der Waals surface area (Å²) in [7, 11) is 0. The van der Waals surface area contributed by atoms with Gasteiger partial charge in [0.1, 0.15) is 6.54 Å². The van der Waals surface area contributed by atoms with E-state index in [1.54, 1.807) is 4.90 Å². The first-order valence-electron chi connectivity index (χ1n) is 8.40. The van der Waals surface area contributed by atoms with Crippen molar-refractivity contribution in [1.82, 2.24) is 19.4 Å². The normalized spacial score (nSPS) is 16.8. The first-order chi connectivity index (χ1) is 12.1. The van der Waals surface area contributed by atoms with Crippen LogP contribution in [0.5, 0.6) is 0 Å². The van der Waals surface area contributed by atoms with Crippen molar-refractivity contribution < 1.29 is 4.79 Å². The van der Waals surface area contributed by atoms with Crippen molar-refractivity contribution in [2.75, 3.05) is 19.6 Å². The maximum absolute atomic E-state index is 12.6. The highest BCUT2D eigenvalue weighted by molar-refractivity contribution is 5.85. The molecule has 1 aromatic heterocycles. The molecular weight excluding hydrogens is 356 g/mol. The average molecular weight is 379 g/mol. The van der Waals surface area contributed by atoms with Gasteiger partial charge in [0, 0.05) is 37.9 Å². The van der Waals surface area contributed by atoms with Gasteiger partial charge in [-0.25, -0.2) is 4.79 Å². The number of nitrogens with zero attached hydrogens (tertiary/aromatic N) is 3. The Morgan fingerprint density at radius 2 is 1.92 bits per heavy atom. The van der Waals surface area contributed by atoms with Gasteiger partial charge in [-0.3, -0.25) is 18.7 Å². The Labute approximate surface area is 157 Å². The van der Waals surface area contributed by atoms with Crippen LogP contribution in [0.4, 0.5) is 0 Å². The molecule has 0 bridgehead atoms. The van der Waals surface area contributed by atoms with Crippen molar-refractivity contribution >= 4 is 18.3 Å². The molecular formula is C18H23ClN4O3. The lowest BCUT2D eigenvalue weighted by molar-refractivity contribution is -0.134. The first kappa shape index (κ1) is 19.9. The molecule has 0 radical (unpaired) electrons. The van der Waals surface area contributed by atoms with Crippen LogP contribution in [0.1, 0.15) is 12.5 Å². The summed E-state index contributed by atoms with van der Waals surface area (Å²) < 4.78 is 2.46. The molecule has 2 heterocycles. The molecule has 1 atom stereocenters. The van der Waals surface area contributed by atoms with E-state index in [0.717, 1.165) is 16.7 Å². The number of carbonyl (C=O) groups is 1. The number of carbonyl (C=O) groups excluding carboxylic acids is 1. The van der Waals surface area contributed by atoms with E-state index in [4.69, 9.17) is 0 Å². The molecule has 1 aliphatic rings. The molecule has 0 unspecified atom stereocenters. The molecule has 3 rings (SSSR count). The smallest absolute Gasteiger partial charge is 0.331 e. The third kappa shape index (κ3) is 4.42. The Kier molecular flexibility index (Phi) is 6.76. The highest BCUT2D eigenvalue weighted by Gasteiger charge is 2.24. The van der Waals surface area contributed by atoms with Crippen LogP contribution >= 0.6 is 12.4 Å². The number of piperazine rings is 1. The zero-order chi connectivity index (χ0) is 17.8. The van der Waals surface area contributed by atoms with E-state index in [2.05, 4.69) is 5.32 Å². The first-order valence-corrected chi connectivity index (χ1v) is 8.40. The predicted molar refractivity (Wildman–Crippen MR) is 102 cm³/mol. The van der Waals surface area contributed by atoms with Crippen LogP contribution in [0.2, 0.25) is 0 Å². The second kappa shape index (κ2) is 8.82. The summed E-state index contributed by atoms with van der Waals surface area (Å²) in [6.45, 7) is 4.10. The fourth-order valence-corrected chi connectivity index (χ4v) is 3.04. The van der Waals surface area contributed by atoms with Crippen molar-refractivity contribution in [2.45, 2.75) is 26.1 Å². The molecule has 1 amide bonds. The minimum atomic E-state index is -0.465. The lowest BCUT2D eigenvalue weighted by Gasteiger charge is -2.34. The monoisotopic (exact) mass is 378 g/mol. The summed E-state index contributed by atoms with van der Waals surface area (Å²) in [6.07, 6.45) is 1.48. The molecule has 140 valence electrons. The lowest BCUT2D eigenvalue weighted by atomic mass is 10.2. The number of rotatable bonds is 4. The summed E-state index contributed by atoms with van der Waals surface area (Å²) in [5.74, 6) is -0.203. The third-order valence-corrected chi connectivity index (χ3v) is 4.45. The van der Waals surface area contributed by atoms with Crippen molar-refractivity contribution in [3.8, 4) is 0 Å². The Hall–Kier alpha value is -2.38. The topological polar surface area (TPSA) is 76.3 Å². The molecule has 2 aromatic rings. The molecule has 1 aromatic carbocycles. The second-order valence-corrected chi connectivity index (χ2v) is 6.28. The van der Waals surface area contributed by atoms with Crippen molar-refractivity contribution in [2.24, 2.45) is 0 Å². The largest absolute Gasteiger partial charge is 0.336 e. The van der Waals surface area contributed by atoms with Gasteiger partial charge < -0.3 is 10.2 Å². The van der Waals surface area contributed by atoms with E-state index in [9.17, 15) is 14.4 Å². The maximum atomic E-state index is 12.6. The van der Waals surface area contributed by atoms with E-state index in [-0.39, 0.29) is 30.9 Å². The molecule has 1 aliphatic heterocycles. The number of amides is 1. The highest BCUT2D eigenvalue weighted by atomic mass is 35.5. The molecule has 7 nitrogen and oxygen atoms in total. The Morgan fingerprint density at radius 1 is 1.19 bits per heavy atom. The van der Waals surface area contributed by atoms with E-state index in [1.807, 2.05) is 37.3 Å². The molecule has 1 fully saturated rings. The van der Waals surface area contributed by atoms with Gasteiger partial charge in [0.15, 0.2) is 0 Å². The Morgan fingerprint density at radius 3 is 2.62 bits per heavy atom. The van der Waals surface area contributed by atoms with Crippen LogP contribution < -0.4 is 16.6 Å². The summed E-state index contributed by atoms with van der Waals surface area (Å²) in [5, 5.41) is 3.21. The molecule has 0 aliphatic carbocycles. The second-order valence-electron chi connectivity index (χ2n) is 6.28. The van der Waals surface area contributed by atoms with E-state index in [0.29, 0.717) is 19.6 Å². The number of benzene rings is 1. The molecule has 1 N–H and O–H groups in total. The van der Waals surface area contributed by atoms with Gasteiger partial charge in [-0.05, 0) is 12.5 Å². The quantitative estimate of drug-likeness (QED) is 0.830. The third-order valence-electron chi connectivity index (χ3n) is 4.45. The SMILES string of the molecule is C[C@H]1CNCCN1C(=O)Cn1c(=O)ccn(Cc2ccccc2)c1=O.Cl. The zero-order valence-electron chi connectivity index (χ0n) is 14.6. The van der Waals surface area contributed by atoms with Crippen molar-refractivity contribution in [1.29, 1.82) is 0 Å². The number of aromatic nitrogens is 2. The average Bonchev–Trinajstić information content (AvgIpc) is 2.62. The van der Waals surface area contributed by atoms with Crippen molar-refractivity contribution in [3.63, 3.8) is 0 Å². The lowest BCUT2D eigenvalue weighted by Crippen LogP contribution is -2.54. The summed E-state index contributed by atoms with van der Waals surface area (Å²) >= 11 is 0. The number of hydrogen-bond acceptors (Lipinski definition) is 4. The Bertz CT molecular complexity index is 863. The summed E-state index contributed by atoms with van der Waals surface area (Å²) in [6, 6.07) is 10.9. The van der Waals surface area contributed by atoms with E-state index in [1.165, 1.54) is 16.8 Å². The van der Waals surface area contributed by atoms with Gasteiger partial charge >= 0.3 is 5.69 Å². The predicted octanol–water partition coefficient (Wildman–Crippen LogP) is 0.300. The number of halogens is 1. The molecule has 1 saturated heterocycles. The van der Waals surface area contributed by atoms with Crippen LogP contribution in [-0.4, -0.2) is 45.6 Å². The van der Waals surface area contributed by atoms with Crippen LogP contribution in [0, 0.1) is 0 Å². The van der Waals surface area contributed by atoms with Crippen molar-refractivity contribution in [3.05, 3.63) is 69.0 Å². The molecule has 0 saturated carbocycles. The molecule has 26 heavy (non-hydrogen) atoms. The van der Waals surface area contributed by atoms with Crippen LogP contribution in [0.25, 0.3) is 0 Å². The molecule has 8 heteroatoms. The fraction of sp³-hybridized carbons (Fsp3) is 0.389. The van der Waals surface area contributed by atoms with Gasteiger partial charge in [-0.1, -0.05) is 30.3 Å². The fourth-order valence-electron chi connectivity index (χ4n) is 3.04. The van der Waals surface area contributed by atoms with Gasteiger partial charge in [-0.15, -0.1) is 12.4 Å². The van der Waals surface area contributed by atoms with Crippen LogP contribution in [0.3, 0.4) is 0 Å². The number of hydrogen-bond donors (Lipinski definition) is 1. The zero-order valence-corrected chi connectivity index (χ0v) is 15.4. The van der Waals surface area contributed by atoms with Gasteiger partial charge in [0.2, 0.25) is 5.91 Å². The van der Waals surface area contributed by atoms with E-state index < -0.39 is 11.2 Å². The van der Waals surface area contributed by atoms with Gasteiger partial charge in [0.25, 0.3) is 5.56 Å². The summed E-state index contributed by atoms with van der Waals surface area (Å²) in [4.78, 5) is 39.0. The summed E-state index contributed by atoms with van der Waals surface area (Å²) in [5.41, 5.74) is 0.0368. The minimum absolute atomic E-state index is 0. The Balaban J connectivity index is 0.00000243. The number of nitrogens with one attached hydrogen (secondary N) is 1. The van der Waals surface area contributed by atoms with Gasteiger partial charge in [0.05, 0.1) is 6.54 Å². The maximum Gasteiger partial charge on any atom is 0.331 e. The van der Waals surface area contributed by atoms with E-state index >= 15 is 0 Å². The highest BCUT2D eigenvalue weighted by Crippen LogP contribution is 2.04.